The number of benzene rings is 2. The summed E-state index contributed by atoms with van der Waals surface area (Å²) in [6, 6.07) is 12.2. The SMILES string of the molecule is Cc1ccc(-c2ccc(F)cc2)cc1CO. The van der Waals surface area contributed by atoms with Gasteiger partial charge in [0.15, 0.2) is 0 Å². The van der Waals surface area contributed by atoms with Crippen molar-refractivity contribution in [2.75, 3.05) is 0 Å². The Morgan fingerprint density at radius 2 is 1.62 bits per heavy atom. The zero-order valence-corrected chi connectivity index (χ0v) is 9.07. The summed E-state index contributed by atoms with van der Waals surface area (Å²) in [4.78, 5) is 0. The fraction of sp³-hybridized carbons (Fsp3) is 0.143. The predicted octanol–water partition coefficient (Wildman–Crippen LogP) is 3.29. The molecule has 0 amide bonds. The molecule has 2 aromatic rings. The van der Waals surface area contributed by atoms with E-state index in [1.165, 1.54) is 12.1 Å². The lowest BCUT2D eigenvalue weighted by Gasteiger charge is -2.06. The van der Waals surface area contributed by atoms with Crippen molar-refractivity contribution < 1.29 is 9.50 Å². The molecule has 0 spiro atoms. The van der Waals surface area contributed by atoms with Gasteiger partial charge >= 0.3 is 0 Å². The molecular formula is C14H13FO. The molecule has 0 aliphatic rings. The number of aliphatic hydroxyl groups is 1. The van der Waals surface area contributed by atoms with Crippen molar-refractivity contribution in [2.45, 2.75) is 13.5 Å². The van der Waals surface area contributed by atoms with Gasteiger partial charge in [0, 0.05) is 0 Å². The molecule has 1 N–H and O–H groups in total. The largest absolute Gasteiger partial charge is 0.392 e. The lowest BCUT2D eigenvalue weighted by molar-refractivity contribution is 0.281. The van der Waals surface area contributed by atoms with E-state index >= 15 is 0 Å². The Hall–Kier alpha value is -1.67. The van der Waals surface area contributed by atoms with Gasteiger partial charge < -0.3 is 5.11 Å². The molecule has 0 atom stereocenters. The van der Waals surface area contributed by atoms with Crippen LogP contribution < -0.4 is 0 Å². The van der Waals surface area contributed by atoms with Gasteiger partial charge in [-0.15, -0.1) is 0 Å². The van der Waals surface area contributed by atoms with E-state index in [-0.39, 0.29) is 12.4 Å². The first kappa shape index (κ1) is 10.8. The van der Waals surface area contributed by atoms with Gasteiger partial charge in [0.05, 0.1) is 6.61 Å². The second kappa shape index (κ2) is 4.45. The van der Waals surface area contributed by atoms with E-state index in [1.54, 1.807) is 12.1 Å². The molecule has 1 nitrogen and oxygen atoms in total. The van der Waals surface area contributed by atoms with Crippen LogP contribution in [0.15, 0.2) is 42.5 Å². The first-order valence-corrected chi connectivity index (χ1v) is 5.17. The number of hydrogen-bond acceptors (Lipinski definition) is 1. The molecule has 0 fully saturated rings. The standard InChI is InChI=1S/C14H13FO/c1-10-2-3-12(8-13(10)9-16)11-4-6-14(15)7-5-11/h2-8,16H,9H2,1H3. The van der Waals surface area contributed by atoms with Crippen LogP contribution in [0.4, 0.5) is 4.39 Å². The molecule has 0 heterocycles. The Morgan fingerprint density at radius 1 is 1.00 bits per heavy atom. The Bertz CT molecular complexity index is 489. The highest BCUT2D eigenvalue weighted by Gasteiger charge is 2.02. The Morgan fingerprint density at radius 3 is 2.25 bits per heavy atom. The van der Waals surface area contributed by atoms with E-state index < -0.39 is 0 Å². The van der Waals surface area contributed by atoms with E-state index in [0.717, 1.165) is 22.3 Å². The van der Waals surface area contributed by atoms with Crippen LogP contribution in [0.2, 0.25) is 0 Å². The van der Waals surface area contributed by atoms with Gasteiger partial charge in [-0.05, 0) is 47.4 Å². The normalized spacial score (nSPS) is 10.4. The zero-order chi connectivity index (χ0) is 11.5. The molecule has 82 valence electrons. The molecule has 0 saturated heterocycles. The molecular weight excluding hydrogens is 203 g/mol. The van der Waals surface area contributed by atoms with Crippen molar-refractivity contribution in [3.05, 3.63) is 59.4 Å². The maximum Gasteiger partial charge on any atom is 0.123 e. The number of hydrogen-bond donors (Lipinski definition) is 1. The van der Waals surface area contributed by atoms with Crippen LogP contribution in [-0.2, 0) is 6.61 Å². The lowest BCUT2D eigenvalue weighted by atomic mass is 10.0. The summed E-state index contributed by atoms with van der Waals surface area (Å²) >= 11 is 0. The van der Waals surface area contributed by atoms with Gasteiger partial charge in [-0.25, -0.2) is 4.39 Å². The van der Waals surface area contributed by atoms with Crippen LogP contribution in [0.25, 0.3) is 11.1 Å². The van der Waals surface area contributed by atoms with Gasteiger partial charge in [-0.3, -0.25) is 0 Å². The van der Waals surface area contributed by atoms with Crippen molar-refractivity contribution in [3.8, 4) is 11.1 Å². The second-order valence-corrected chi connectivity index (χ2v) is 3.81. The van der Waals surface area contributed by atoms with Gasteiger partial charge in [0.25, 0.3) is 0 Å². The van der Waals surface area contributed by atoms with Gasteiger partial charge in [0.2, 0.25) is 0 Å². The minimum atomic E-state index is -0.238. The maximum atomic E-state index is 12.8. The van der Waals surface area contributed by atoms with Crippen molar-refractivity contribution in [1.82, 2.24) is 0 Å². The van der Waals surface area contributed by atoms with Crippen LogP contribution >= 0.6 is 0 Å². The summed E-state index contributed by atoms with van der Waals surface area (Å²) in [5.41, 5.74) is 3.92. The van der Waals surface area contributed by atoms with Crippen molar-refractivity contribution in [3.63, 3.8) is 0 Å². The second-order valence-electron chi connectivity index (χ2n) is 3.81. The molecule has 0 radical (unpaired) electrons. The molecule has 16 heavy (non-hydrogen) atoms. The van der Waals surface area contributed by atoms with Crippen LogP contribution in [-0.4, -0.2) is 5.11 Å². The summed E-state index contributed by atoms with van der Waals surface area (Å²) in [6.07, 6.45) is 0. The van der Waals surface area contributed by atoms with Crippen LogP contribution in [0.5, 0.6) is 0 Å². The summed E-state index contributed by atoms with van der Waals surface area (Å²) in [6.45, 7) is 1.99. The molecule has 0 aliphatic heterocycles. The minimum Gasteiger partial charge on any atom is -0.392 e. The fourth-order valence-corrected chi connectivity index (χ4v) is 1.66. The molecule has 0 aromatic heterocycles. The van der Waals surface area contributed by atoms with Gasteiger partial charge in [0.1, 0.15) is 5.82 Å². The van der Waals surface area contributed by atoms with Crippen molar-refractivity contribution >= 4 is 0 Å². The molecule has 2 aromatic carbocycles. The van der Waals surface area contributed by atoms with E-state index in [2.05, 4.69) is 0 Å². The van der Waals surface area contributed by atoms with Crippen molar-refractivity contribution in [1.29, 1.82) is 0 Å². The highest BCUT2D eigenvalue weighted by molar-refractivity contribution is 5.64. The first-order valence-electron chi connectivity index (χ1n) is 5.17. The monoisotopic (exact) mass is 216 g/mol. The Balaban J connectivity index is 2.44. The quantitative estimate of drug-likeness (QED) is 0.816. The van der Waals surface area contributed by atoms with Crippen LogP contribution in [0.1, 0.15) is 11.1 Å². The smallest absolute Gasteiger partial charge is 0.123 e. The Labute approximate surface area is 94.2 Å². The fourth-order valence-electron chi connectivity index (χ4n) is 1.66. The molecule has 0 aliphatic carbocycles. The predicted molar refractivity (Wildman–Crippen MR) is 62.5 cm³/mol. The third-order valence-corrected chi connectivity index (χ3v) is 2.70. The number of rotatable bonds is 2. The summed E-state index contributed by atoms with van der Waals surface area (Å²) in [5, 5.41) is 9.17. The number of halogens is 1. The third kappa shape index (κ3) is 2.12. The molecule has 2 heteroatoms. The van der Waals surface area contributed by atoms with E-state index in [4.69, 9.17) is 0 Å². The lowest BCUT2D eigenvalue weighted by Crippen LogP contribution is -1.89. The van der Waals surface area contributed by atoms with E-state index in [0.29, 0.717) is 0 Å². The van der Waals surface area contributed by atoms with E-state index in [1.807, 2.05) is 25.1 Å². The maximum absolute atomic E-state index is 12.8. The molecule has 2 rings (SSSR count). The minimum absolute atomic E-state index is 0.0286. The topological polar surface area (TPSA) is 20.2 Å². The van der Waals surface area contributed by atoms with Crippen LogP contribution in [0.3, 0.4) is 0 Å². The van der Waals surface area contributed by atoms with E-state index in [9.17, 15) is 9.50 Å². The third-order valence-electron chi connectivity index (χ3n) is 2.70. The van der Waals surface area contributed by atoms with Gasteiger partial charge in [-0.2, -0.15) is 0 Å². The Kier molecular flexibility index (Phi) is 3.02. The molecule has 0 unspecified atom stereocenters. The summed E-state index contributed by atoms with van der Waals surface area (Å²) < 4.78 is 12.8. The molecule has 0 bridgehead atoms. The average Bonchev–Trinajstić information content (AvgIpc) is 2.31. The highest BCUT2D eigenvalue weighted by Crippen LogP contribution is 2.22. The highest BCUT2D eigenvalue weighted by atomic mass is 19.1. The van der Waals surface area contributed by atoms with Crippen molar-refractivity contribution in [2.24, 2.45) is 0 Å². The first-order chi connectivity index (χ1) is 7.70. The summed E-state index contributed by atoms with van der Waals surface area (Å²) in [7, 11) is 0. The van der Waals surface area contributed by atoms with Crippen LogP contribution in [0, 0.1) is 12.7 Å². The number of aryl methyl sites for hydroxylation is 1. The van der Waals surface area contributed by atoms with Gasteiger partial charge in [-0.1, -0.05) is 24.3 Å². The zero-order valence-electron chi connectivity index (χ0n) is 9.07. The number of aliphatic hydroxyl groups excluding tert-OH is 1. The average molecular weight is 216 g/mol. The summed E-state index contributed by atoms with van der Waals surface area (Å²) in [5.74, 6) is -0.238. The molecule has 0 saturated carbocycles.